The molecule has 0 aliphatic rings. The van der Waals surface area contributed by atoms with Crippen LogP contribution in [0.15, 0.2) is 54.6 Å². The lowest BCUT2D eigenvalue weighted by Crippen LogP contribution is -2.07. The van der Waals surface area contributed by atoms with E-state index in [0.717, 1.165) is 31.2 Å². The highest BCUT2D eigenvalue weighted by atomic mass is 16.5. The SMILES string of the molecule is CCCCCC(=O)Oc1ccc(C=CC(=O)Oc2ccc(CCCCC)cc2)cc1. The van der Waals surface area contributed by atoms with Crippen molar-refractivity contribution >= 4 is 18.0 Å². The number of aryl methyl sites for hydroxylation is 1. The van der Waals surface area contributed by atoms with E-state index in [1.54, 1.807) is 30.3 Å². The third-order valence-corrected chi connectivity index (χ3v) is 4.72. The predicted molar refractivity (Wildman–Crippen MR) is 121 cm³/mol. The minimum atomic E-state index is -0.430. The van der Waals surface area contributed by atoms with Crippen molar-refractivity contribution in [1.29, 1.82) is 0 Å². The van der Waals surface area contributed by atoms with Gasteiger partial charge in [0.1, 0.15) is 11.5 Å². The van der Waals surface area contributed by atoms with E-state index in [9.17, 15) is 9.59 Å². The summed E-state index contributed by atoms with van der Waals surface area (Å²) in [6.07, 6.45) is 11.1. The van der Waals surface area contributed by atoms with Gasteiger partial charge in [-0.3, -0.25) is 4.79 Å². The monoisotopic (exact) mass is 408 g/mol. The zero-order chi connectivity index (χ0) is 21.6. The van der Waals surface area contributed by atoms with Gasteiger partial charge in [0, 0.05) is 12.5 Å². The van der Waals surface area contributed by atoms with Crippen molar-refractivity contribution in [2.45, 2.75) is 65.2 Å². The summed E-state index contributed by atoms with van der Waals surface area (Å²) in [5.41, 5.74) is 2.08. The van der Waals surface area contributed by atoms with Crippen LogP contribution < -0.4 is 9.47 Å². The summed E-state index contributed by atoms with van der Waals surface area (Å²) in [5.74, 6) is 0.399. The molecule has 0 N–H and O–H groups in total. The number of unbranched alkanes of at least 4 members (excludes halogenated alkanes) is 4. The largest absolute Gasteiger partial charge is 0.427 e. The minimum Gasteiger partial charge on any atom is -0.427 e. The fourth-order valence-electron chi connectivity index (χ4n) is 2.97. The second-order valence-corrected chi connectivity index (χ2v) is 7.36. The van der Waals surface area contributed by atoms with E-state index in [4.69, 9.17) is 9.47 Å². The molecule has 4 nitrogen and oxygen atoms in total. The fraction of sp³-hybridized carbons (Fsp3) is 0.385. The summed E-state index contributed by atoms with van der Waals surface area (Å²) in [6, 6.07) is 14.7. The molecule has 0 radical (unpaired) electrons. The Morgan fingerprint density at radius 1 is 0.767 bits per heavy atom. The first-order chi connectivity index (χ1) is 14.6. The molecule has 2 aromatic carbocycles. The maximum Gasteiger partial charge on any atom is 0.336 e. The van der Waals surface area contributed by atoms with Gasteiger partial charge in [-0.05, 0) is 60.7 Å². The van der Waals surface area contributed by atoms with Crippen LogP contribution in [0.5, 0.6) is 11.5 Å². The van der Waals surface area contributed by atoms with E-state index < -0.39 is 5.97 Å². The van der Waals surface area contributed by atoms with E-state index in [1.807, 2.05) is 24.3 Å². The second-order valence-electron chi connectivity index (χ2n) is 7.36. The van der Waals surface area contributed by atoms with Crippen molar-refractivity contribution in [2.75, 3.05) is 0 Å². The molecule has 2 aromatic rings. The van der Waals surface area contributed by atoms with Crippen LogP contribution in [0.1, 0.15) is 69.9 Å². The highest BCUT2D eigenvalue weighted by molar-refractivity contribution is 5.88. The maximum absolute atomic E-state index is 12.0. The molecule has 0 spiro atoms. The Morgan fingerprint density at radius 2 is 1.37 bits per heavy atom. The molecule has 0 heterocycles. The summed E-state index contributed by atoms with van der Waals surface area (Å²) in [5, 5.41) is 0. The Balaban J connectivity index is 1.79. The topological polar surface area (TPSA) is 52.6 Å². The molecule has 0 aliphatic heterocycles. The average molecular weight is 409 g/mol. The molecule has 30 heavy (non-hydrogen) atoms. The van der Waals surface area contributed by atoms with Crippen LogP contribution in [0.2, 0.25) is 0 Å². The molecule has 0 saturated heterocycles. The zero-order valence-corrected chi connectivity index (χ0v) is 18.1. The van der Waals surface area contributed by atoms with Crippen LogP contribution in [0.25, 0.3) is 6.08 Å². The van der Waals surface area contributed by atoms with Crippen LogP contribution >= 0.6 is 0 Å². The smallest absolute Gasteiger partial charge is 0.336 e. The van der Waals surface area contributed by atoms with Gasteiger partial charge in [0.25, 0.3) is 0 Å². The van der Waals surface area contributed by atoms with E-state index >= 15 is 0 Å². The third kappa shape index (κ3) is 9.08. The van der Waals surface area contributed by atoms with Crippen molar-refractivity contribution in [3.05, 3.63) is 65.7 Å². The van der Waals surface area contributed by atoms with Crippen molar-refractivity contribution in [3.63, 3.8) is 0 Å². The van der Waals surface area contributed by atoms with Crippen molar-refractivity contribution in [2.24, 2.45) is 0 Å². The summed E-state index contributed by atoms with van der Waals surface area (Å²) >= 11 is 0. The highest BCUT2D eigenvalue weighted by Gasteiger charge is 2.05. The van der Waals surface area contributed by atoms with Gasteiger partial charge in [0.15, 0.2) is 0 Å². The van der Waals surface area contributed by atoms with Crippen LogP contribution in [0, 0.1) is 0 Å². The molecule has 0 bridgehead atoms. The number of esters is 2. The quantitative estimate of drug-likeness (QED) is 0.173. The van der Waals surface area contributed by atoms with Gasteiger partial charge in [0.2, 0.25) is 0 Å². The van der Waals surface area contributed by atoms with Gasteiger partial charge in [-0.1, -0.05) is 63.8 Å². The standard InChI is InChI=1S/C26H32O4/c1-3-5-7-9-21-11-16-24(17-12-21)30-26(28)20-15-22-13-18-23(19-14-22)29-25(27)10-8-6-4-2/h11-20H,3-10H2,1-2H3. The van der Waals surface area contributed by atoms with Gasteiger partial charge in [0.05, 0.1) is 0 Å². The van der Waals surface area contributed by atoms with Crippen LogP contribution in [-0.2, 0) is 16.0 Å². The molecule has 0 fully saturated rings. The predicted octanol–water partition coefficient (Wildman–Crippen LogP) is 6.52. The number of carbonyl (C=O) groups excluding carboxylic acids is 2. The minimum absolute atomic E-state index is 0.216. The molecule has 160 valence electrons. The number of ether oxygens (including phenoxy) is 2. The van der Waals surface area contributed by atoms with E-state index in [1.165, 1.54) is 30.9 Å². The average Bonchev–Trinajstić information content (AvgIpc) is 2.75. The van der Waals surface area contributed by atoms with Crippen molar-refractivity contribution in [3.8, 4) is 11.5 Å². The lowest BCUT2D eigenvalue weighted by Gasteiger charge is -2.05. The summed E-state index contributed by atoms with van der Waals surface area (Å²) in [6.45, 7) is 4.28. The van der Waals surface area contributed by atoms with Crippen LogP contribution in [-0.4, -0.2) is 11.9 Å². The highest BCUT2D eigenvalue weighted by Crippen LogP contribution is 2.16. The Morgan fingerprint density at radius 3 is 2.03 bits per heavy atom. The zero-order valence-electron chi connectivity index (χ0n) is 18.1. The van der Waals surface area contributed by atoms with Crippen molar-refractivity contribution in [1.82, 2.24) is 0 Å². The summed E-state index contributed by atoms with van der Waals surface area (Å²) in [4.78, 5) is 23.8. The Bertz CT molecular complexity index is 804. The van der Waals surface area contributed by atoms with E-state index in [0.29, 0.717) is 17.9 Å². The van der Waals surface area contributed by atoms with Crippen LogP contribution in [0.4, 0.5) is 0 Å². The second kappa shape index (κ2) is 13.4. The molecule has 0 atom stereocenters. The molecular formula is C26H32O4. The number of benzene rings is 2. The molecule has 4 heteroatoms. The molecule has 0 aliphatic carbocycles. The summed E-state index contributed by atoms with van der Waals surface area (Å²) in [7, 11) is 0. The van der Waals surface area contributed by atoms with E-state index in [-0.39, 0.29) is 5.97 Å². The fourth-order valence-corrected chi connectivity index (χ4v) is 2.97. The lowest BCUT2D eigenvalue weighted by atomic mass is 10.1. The number of hydrogen-bond acceptors (Lipinski definition) is 4. The molecule has 2 rings (SSSR count). The van der Waals surface area contributed by atoms with Gasteiger partial charge < -0.3 is 9.47 Å². The van der Waals surface area contributed by atoms with Gasteiger partial charge in [-0.25, -0.2) is 4.79 Å². The van der Waals surface area contributed by atoms with Gasteiger partial charge in [-0.15, -0.1) is 0 Å². The third-order valence-electron chi connectivity index (χ3n) is 4.72. The Labute approximate surface area is 179 Å². The van der Waals surface area contributed by atoms with Crippen LogP contribution in [0.3, 0.4) is 0 Å². The number of carbonyl (C=O) groups is 2. The summed E-state index contributed by atoms with van der Waals surface area (Å²) < 4.78 is 10.7. The molecule has 0 saturated carbocycles. The molecule has 0 aromatic heterocycles. The normalized spacial score (nSPS) is 10.9. The number of rotatable bonds is 12. The Hall–Kier alpha value is -2.88. The first-order valence-corrected chi connectivity index (χ1v) is 10.9. The van der Waals surface area contributed by atoms with E-state index in [2.05, 4.69) is 13.8 Å². The molecule has 0 unspecified atom stereocenters. The molecule has 0 amide bonds. The van der Waals surface area contributed by atoms with Gasteiger partial charge in [-0.2, -0.15) is 0 Å². The first kappa shape index (κ1) is 23.4. The maximum atomic E-state index is 12.0. The lowest BCUT2D eigenvalue weighted by molar-refractivity contribution is -0.134. The Kier molecular flexibility index (Phi) is 10.4. The van der Waals surface area contributed by atoms with Gasteiger partial charge >= 0.3 is 11.9 Å². The molecular weight excluding hydrogens is 376 g/mol. The van der Waals surface area contributed by atoms with Crippen molar-refractivity contribution < 1.29 is 19.1 Å². The number of hydrogen-bond donors (Lipinski definition) is 0. The first-order valence-electron chi connectivity index (χ1n) is 10.9.